The molecule has 2 atom stereocenters. The lowest BCUT2D eigenvalue weighted by molar-refractivity contribution is -0.148. The molecule has 0 saturated carbocycles. The van der Waals surface area contributed by atoms with Gasteiger partial charge in [0.2, 0.25) is 11.8 Å². The van der Waals surface area contributed by atoms with Crippen molar-refractivity contribution in [2.75, 3.05) is 13.2 Å². The second-order valence-electron chi connectivity index (χ2n) is 11.1. The molecule has 7 rings (SSSR count). The Bertz CT molecular complexity index is 1490. The number of likely N-dealkylation sites (tertiary alicyclic amines) is 1. The Balaban J connectivity index is 0.950. The highest BCUT2D eigenvalue weighted by Gasteiger charge is 2.61. The molecular weight excluding hydrogens is 614 g/mol. The smallest absolute Gasteiger partial charge is 0.306 e. The van der Waals surface area contributed by atoms with E-state index in [0.29, 0.717) is 31.4 Å². The van der Waals surface area contributed by atoms with E-state index in [4.69, 9.17) is 4.74 Å². The summed E-state index contributed by atoms with van der Waals surface area (Å²) in [7, 11) is 0. The molecule has 3 aromatic rings. The maximum Gasteiger partial charge on any atom is 0.306 e. The van der Waals surface area contributed by atoms with Gasteiger partial charge in [0, 0.05) is 34.8 Å². The van der Waals surface area contributed by atoms with E-state index in [9.17, 15) is 24.0 Å². The summed E-state index contributed by atoms with van der Waals surface area (Å²) < 4.78 is 5.82. The van der Waals surface area contributed by atoms with E-state index in [2.05, 4.69) is 51.0 Å². The molecule has 2 N–H and O–H groups in total. The van der Waals surface area contributed by atoms with Crippen LogP contribution in [0.1, 0.15) is 70.1 Å². The third-order valence-corrected chi connectivity index (χ3v) is 9.12. The van der Waals surface area contributed by atoms with Crippen LogP contribution in [0.2, 0.25) is 0 Å². The second-order valence-corrected chi connectivity index (χ2v) is 12.0. The van der Waals surface area contributed by atoms with Gasteiger partial charge in [-0.1, -0.05) is 70.9 Å². The quantitative estimate of drug-likeness (QED) is 0.156. The first-order valence-corrected chi connectivity index (χ1v) is 15.2. The molecule has 1 aliphatic heterocycles. The Morgan fingerprint density at radius 1 is 0.721 bits per heavy atom. The van der Waals surface area contributed by atoms with Crippen molar-refractivity contribution >= 4 is 45.5 Å². The third-order valence-electron chi connectivity index (χ3n) is 8.59. The zero-order valence-electron chi connectivity index (χ0n) is 23.3. The SMILES string of the molecule is O=C(COC(=O)CCCCCN1C(=O)[C@@H]2C3c4ccccc4C(c4ccccc43)[C@H]2C1=O)NNC(=O)c1ccc(Br)cc1. The van der Waals surface area contributed by atoms with E-state index in [0.717, 1.165) is 26.7 Å². The topological polar surface area (TPSA) is 122 Å². The number of nitrogens with zero attached hydrogens (tertiary/aromatic N) is 1. The number of imide groups is 1. The third kappa shape index (κ3) is 5.47. The number of esters is 1. The Kier molecular flexibility index (Phi) is 8.12. The molecule has 4 amide bonds. The lowest BCUT2D eigenvalue weighted by atomic mass is 9.55. The molecule has 0 aromatic heterocycles. The molecule has 0 unspecified atom stereocenters. The Morgan fingerprint density at radius 3 is 1.79 bits per heavy atom. The molecule has 3 aliphatic carbocycles. The second kappa shape index (κ2) is 12.1. The van der Waals surface area contributed by atoms with Crippen LogP contribution in [0.25, 0.3) is 0 Å². The average Bonchev–Trinajstić information content (AvgIpc) is 3.28. The molecule has 1 heterocycles. The number of rotatable bonds is 9. The minimum Gasteiger partial charge on any atom is -0.455 e. The Labute approximate surface area is 257 Å². The zero-order chi connectivity index (χ0) is 30.1. The number of hydrogen-bond acceptors (Lipinski definition) is 6. The number of amides is 4. The van der Waals surface area contributed by atoms with Crippen LogP contribution in [-0.4, -0.2) is 47.6 Å². The van der Waals surface area contributed by atoms with E-state index >= 15 is 0 Å². The molecule has 1 fully saturated rings. The molecule has 220 valence electrons. The van der Waals surface area contributed by atoms with Crippen molar-refractivity contribution in [3.05, 3.63) is 105 Å². The first kappa shape index (κ1) is 28.8. The fourth-order valence-electron chi connectivity index (χ4n) is 6.73. The molecule has 2 bridgehead atoms. The van der Waals surface area contributed by atoms with Crippen molar-refractivity contribution in [2.45, 2.75) is 37.5 Å². The van der Waals surface area contributed by atoms with Crippen LogP contribution >= 0.6 is 15.9 Å². The van der Waals surface area contributed by atoms with Crippen LogP contribution in [0.5, 0.6) is 0 Å². The van der Waals surface area contributed by atoms with Gasteiger partial charge in [0.15, 0.2) is 6.61 Å². The average molecular weight is 645 g/mol. The number of ether oxygens (including phenoxy) is 1. The van der Waals surface area contributed by atoms with Crippen molar-refractivity contribution < 1.29 is 28.7 Å². The Morgan fingerprint density at radius 2 is 1.26 bits per heavy atom. The fraction of sp³-hybridized carbons (Fsp3) is 0.303. The molecule has 0 radical (unpaired) electrons. The number of hydrogen-bond donors (Lipinski definition) is 2. The summed E-state index contributed by atoms with van der Waals surface area (Å²) in [6.45, 7) is -0.210. The number of halogens is 1. The van der Waals surface area contributed by atoms with Gasteiger partial charge in [-0.3, -0.25) is 39.7 Å². The van der Waals surface area contributed by atoms with Crippen molar-refractivity contribution in [1.29, 1.82) is 0 Å². The maximum absolute atomic E-state index is 13.6. The highest BCUT2D eigenvalue weighted by Crippen LogP contribution is 2.60. The summed E-state index contributed by atoms with van der Waals surface area (Å²) in [5.41, 5.74) is 9.43. The maximum atomic E-state index is 13.6. The van der Waals surface area contributed by atoms with Gasteiger partial charge in [0.05, 0.1) is 11.8 Å². The molecule has 0 spiro atoms. The molecule has 9 nitrogen and oxygen atoms in total. The van der Waals surface area contributed by atoms with Gasteiger partial charge in [-0.15, -0.1) is 0 Å². The Hall–Kier alpha value is -4.31. The van der Waals surface area contributed by atoms with Gasteiger partial charge in [-0.25, -0.2) is 0 Å². The van der Waals surface area contributed by atoms with Gasteiger partial charge >= 0.3 is 5.97 Å². The summed E-state index contributed by atoms with van der Waals surface area (Å²) in [6, 6.07) is 22.9. The van der Waals surface area contributed by atoms with Crippen LogP contribution in [0.15, 0.2) is 77.3 Å². The molecule has 3 aromatic carbocycles. The lowest BCUT2D eigenvalue weighted by Crippen LogP contribution is -2.43. The first-order chi connectivity index (χ1) is 20.8. The predicted molar refractivity (Wildman–Crippen MR) is 159 cm³/mol. The van der Waals surface area contributed by atoms with Crippen LogP contribution in [0.4, 0.5) is 0 Å². The number of benzene rings is 3. The summed E-state index contributed by atoms with van der Waals surface area (Å²) >= 11 is 3.29. The van der Waals surface area contributed by atoms with E-state index in [1.54, 1.807) is 24.3 Å². The summed E-state index contributed by atoms with van der Waals surface area (Å²) in [6.07, 6.45) is 1.78. The molecule has 4 aliphatic rings. The number of nitrogens with one attached hydrogen (secondary N) is 2. The first-order valence-electron chi connectivity index (χ1n) is 14.4. The van der Waals surface area contributed by atoms with Gasteiger partial charge in [0.1, 0.15) is 0 Å². The van der Waals surface area contributed by atoms with Crippen molar-refractivity contribution in [1.82, 2.24) is 15.8 Å². The normalized spacial score (nSPS) is 21.1. The minimum absolute atomic E-state index is 0.0977. The van der Waals surface area contributed by atoms with Gasteiger partial charge in [-0.05, 0) is 59.4 Å². The number of unbranched alkanes of at least 4 members (excludes halogenated alkanes) is 2. The zero-order valence-corrected chi connectivity index (χ0v) is 24.8. The van der Waals surface area contributed by atoms with Gasteiger partial charge in [0.25, 0.3) is 11.8 Å². The van der Waals surface area contributed by atoms with E-state index in [1.165, 1.54) is 4.90 Å². The molecule has 10 heteroatoms. The lowest BCUT2D eigenvalue weighted by Gasteiger charge is -2.45. The number of hydrazine groups is 1. The van der Waals surface area contributed by atoms with Gasteiger partial charge in [-0.2, -0.15) is 0 Å². The van der Waals surface area contributed by atoms with Crippen molar-refractivity contribution in [2.24, 2.45) is 11.8 Å². The molecule has 1 saturated heterocycles. The highest BCUT2D eigenvalue weighted by atomic mass is 79.9. The number of carbonyl (C=O) groups is 5. The van der Waals surface area contributed by atoms with E-state index in [-0.39, 0.29) is 41.9 Å². The number of carbonyl (C=O) groups excluding carboxylic acids is 5. The van der Waals surface area contributed by atoms with E-state index in [1.807, 2.05) is 24.3 Å². The minimum atomic E-state index is -0.662. The molecule has 43 heavy (non-hydrogen) atoms. The van der Waals surface area contributed by atoms with Crippen LogP contribution in [-0.2, 0) is 23.9 Å². The van der Waals surface area contributed by atoms with Crippen LogP contribution < -0.4 is 10.9 Å². The monoisotopic (exact) mass is 643 g/mol. The summed E-state index contributed by atoms with van der Waals surface area (Å²) in [5, 5.41) is 0. The van der Waals surface area contributed by atoms with Crippen molar-refractivity contribution in [3.63, 3.8) is 0 Å². The van der Waals surface area contributed by atoms with Gasteiger partial charge < -0.3 is 4.74 Å². The highest BCUT2D eigenvalue weighted by molar-refractivity contribution is 9.10. The largest absolute Gasteiger partial charge is 0.455 e. The van der Waals surface area contributed by atoms with E-state index < -0.39 is 24.4 Å². The fourth-order valence-corrected chi connectivity index (χ4v) is 6.99. The van der Waals surface area contributed by atoms with Crippen LogP contribution in [0.3, 0.4) is 0 Å². The standard InChI is InChI=1S/C33H30BrN3O6/c34-20-15-13-19(14-16-20)31(40)36-35-25(38)18-43-26(39)12-2-1-7-17-37-32(41)29-27-21-8-3-4-9-22(21)28(30(29)33(37)42)24-11-6-5-10-23(24)27/h3-6,8-11,13-16,27-30H,1-2,7,12,17-18H2,(H,35,38)(H,36,40)/t27?,28?,29-,30-/m1/s1. The summed E-state index contributed by atoms with van der Waals surface area (Å²) in [4.78, 5) is 64.8. The predicted octanol–water partition coefficient (Wildman–Crippen LogP) is 4.21. The van der Waals surface area contributed by atoms with Crippen molar-refractivity contribution in [3.8, 4) is 0 Å². The summed E-state index contributed by atoms with van der Waals surface area (Å²) in [5.74, 6) is -2.92. The van der Waals surface area contributed by atoms with Crippen LogP contribution in [0, 0.1) is 11.8 Å². The molecular formula is C33H30BrN3O6.